The highest BCUT2D eigenvalue weighted by Crippen LogP contribution is 2.34. The highest BCUT2D eigenvalue weighted by Gasteiger charge is 2.26. The van der Waals surface area contributed by atoms with E-state index in [1.54, 1.807) is 39.6 Å². The number of thiophene rings is 1. The van der Waals surface area contributed by atoms with Gasteiger partial charge in [-0.2, -0.15) is 0 Å². The highest BCUT2D eigenvalue weighted by atomic mass is 32.1. The van der Waals surface area contributed by atoms with E-state index < -0.39 is 11.6 Å². The van der Waals surface area contributed by atoms with Gasteiger partial charge in [-0.3, -0.25) is 9.36 Å². The lowest BCUT2D eigenvalue weighted by atomic mass is 9.93. The maximum atomic E-state index is 13.5. The van der Waals surface area contributed by atoms with Crippen molar-refractivity contribution < 1.29 is 8.78 Å². The van der Waals surface area contributed by atoms with Gasteiger partial charge in [-0.15, -0.1) is 22.7 Å². The molecule has 5 rings (SSSR count). The van der Waals surface area contributed by atoms with Gasteiger partial charge in [0.1, 0.15) is 4.83 Å². The fraction of sp³-hybridized carbons (Fsp3) is 0.348. The minimum absolute atomic E-state index is 0.0150. The quantitative estimate of drug-likeness (QED) is 0.455. The molecule has 9 heteroatoms. The topological polar surface area (TPSA) is 59.8 Å². The van der Waals surface area contributed by atoms with Crippen LogP contribution in [0.3, 0.4) is 0 Å². The molecule has 0 unspecified atom stereocenters. The first kappa shape index (κ1) is 21.4. The fourth-order valence-electron chi connectivity index (χ4n) is 4.26. The van der Waals surface area contributed by atoms with E-state index in [2.05, 4.69) is 15.3 Å². The molecule has 4 aromatic rings. The van der Waals surface area contributed by atoms with Crippen molar-refractivity contribution in [2.24, 2.45) is 0 Å². The molecular formula is C23H22F2N4OS2. The maximum absolute atomic E-state index is 13.5. The second kappa shape index (κ2) is 8.46. The minimum Gasteiger partial charge on any atom is -0.310 e. The highest BCUT2D eigenvalue weighted by molar-refractivity contribution is 7.18. The number of nitrogens with one attached hydrogen (secondary N) is 1. The average Bonchev–Trinajstić information content (AvgIpc) is 3.37. The predicted octanol–water partition coefficient (Wildman–Crippen LogP) is 4.76. The van der Waals surface area contributed by atoms with Crippen molar-refractivity contribution >= 4 is 32.9 Å². The molecule has 2 atom stereocenters. The number of aromatic nitrogens is 3. The van der Waals surface area contributed by atoms with Gasteiger partial charge >= 0.3 is 0 Å². The lowest BCUT2D eigenvalue weighted by molar-refractivity contribution is 0.459. The van der Waals surface area contributed by atoms with Crippen LogP contribution < -0.4 is 10.9 Å². The van der Waals surface area contributed by atoms with Gasteiger partial charge in [0.15, 0.2) is 11.6 Å². The number of fused-ring (bicyclic) bond motifs is 3. The number of hydrogen-bond donors (Lipinski definition) is 1. The lowest BCUT2D eigenvalue weighted by Gasteiger charge is -2.23. The van der Waals surface area contributed by atoms with Crippen LogP contribution in [0.1, 0.15) is 46.1 Å². The van der Waals surface area contributed by atoms with Crippen molar-refractivity contribution in [1.29, 1.82) is 0 Å². The Kier molecular flexibility index (Phi) is 5.65. The fourth-order valence-corrected chi connectivity index (χ4v) is 6.21. The van der Waals surface area contributed by atoms with Crippen LogP contribution >= 0.6 is 22.7 Å². The van der Waals surface area contributed by atoms with Gasteiger partial charge in [-0.05, 0) is 56.4 Å². The molecular weight excluding hydrogens is 450 g/mol. The van der Waals surface area contributed by atoms with Gasteiger partial charge < -0.3 is 5.32 Å². The molecule has 32 heavy (non-hydrogen) atoms. The maximum Gasteiger partial charge on any atom is 0.262 e. The zero-order valence-electron chi connectivity index (χ0n) is 17.7. The first-order valence-corrected chi connectivity index (χ1v) is 12.2. The van der Waals surface area contributed by atoms with Gasteiger partial charge in [0.2, 0.25) is 0 Å². The normalized spacial score (nSPS) is 16.9. The smallest absolute Gasteiger partial charge is 0.262 e. The molecule has 0 radical (unpaired) electrons. The van der Waals surface area contributed by atoms with Crippen molar-refractivity contribution in [2.75, 3.05) is 0 Å². The van der Waals surface area contributed by atoms with Crippen molar-refractivity contribution in [3.8, 4) is 0 Å². The molecule has 1 aromatic carbocycles. The van der Waals surface area contributed by atoms with Crippen LogP contribution in [0.15, 0.2) is 34.7 Å². The SMILES string of the molecule is Cc1nc([C@@H](C)n2cnc3sc4c(c3c2=O)CC[C@@H](NCc2ccc(F)c(F)c2)C4)cs1. The molecule has 0 amide bonds. The Bertz CT molecular complexity index is 1360. The summed E-state index contributed by atoms with van der Waals surface area (Å²) in [5.41, 5.74) is 2.67. The molecule has 1 aliphatic rings. The van der Waals surface area contributed by atoms with Crippen LogP contribution in [-0.4, -0.2) is 20.6 Å². The molecule has 0 bridgehead atoms. The Labute approximate surface area is 191 Å². The summed E-state index contributed by atoms with van der Waals surface area (Å²) in [5.74, 6) is -1.66. The van der Waals surface area contributed by atoms with Crippen molar-refractivity contribution in [3.63, 3.8) is 0 Å². The molecule has 3 heterocycles. The Balaban J connectivity index is 1.37. The van der Waals surface area contributed by atoms with E-state index in [0.29, 0.717) is 12.1 Å². The van der Waals surface area contributed by atoms with E-state index in [1.165, 1.54) is 10.9 Å². The third kappa shape index (κ3) is 3.89. The van der Waals surface area contributed by atoms with Gasteiger partial charge in [0.05, 0.1) is 28.5 Å². The van der Waals surface area contributed by atoms with Crippen molar-refractivity contribution in [1.82, 2.24) is 19.9 Å². The van der Waals surface area contributed by atoms with Crippen molar-refractivity contribution in [2.45, 2.75) is 51.7 Å². The third-order valence-electron chi connectivity index (χ3n) is 6.06. The molecule has 0 saturated heterocycles. The lowest BCUT2D eigenvalue weighted by Crippen LogP contribution is -2.34. The number of hydrogen-bond acceptors (Lipinski definition) is 6. The second-order valence-electron chi connectivity index (χ2n) is 8.18. The molecule has 0 saturated carbocycles. The minimum atomic E-state index is -0.835. The van der Waals surface area contributed by atoms with Gasteiger partial charge in [-0.1, -0.05) is 6.07 Å². The van der Waals surface area contributed by atoms with Gasteiger partial charge in [0, 0.05) is 22.8 Å². The van der Waals surface area contributed by atoms with Crippen LogP contribution in [0, 0.1) is 18.6 Å². The summed E-state index contributed by atoms with van der Waals surface area (Å²) in [7, 11) is 0. The molecule has 3 aromatic heterocycles. The summed E-state index contributed by atoms with van der Waals surface area (Å²) < 4.78 is 28.3. The monoisotopic (exact) mass is 472 g/mol. The van der Waals surface area contributed by atoms with E-state index in [-0.39, 0.29) is 17.6 Å². The summed E-state index contributed by atoms with van der Waals surface area (Å²) in [5, 5.41) is 7.14. The Morgan fingerprint density at radius 3 is 2.91 bits per heavy atom. The predicted molar refractivity (Wildman–Crippen MR) is 124 cm³/mol. The molecule has 166 valence electrons. The number of benzene rings is 1. The van der Waals surface area contributed by atoms with E-state index >= 15 is 0 Å². The van der Waals surface area contributed by atoms with Crippen molar-refractivity contribution in [3.05, 3.63) is 78.6 Å². The molecule has 5 nitrogen and oxygen atoms in total. The van der Waals surface area contributed by atoms with Crippen LogP contribution in [0.2, 0.25) is 0 Å². The van der Waals surface area contributed by atoms with Gasteiger partial charge in [-0.25, -0.2) is 18.7 Å². The van der Waals surface area contributed by atoms with E-state index in [9.17, 15) is 13.6 Å². The summed E-state index contributed by atoms with van der Waals surface area (Å²) in [6.45, 7) is 4.40. The molecule has 0 spiro atoms. The first-order chi connectivity index (χ1) is 15.4. The number of nitrogens with zero attached hydrogens (tertiary/aromatic N) is 3. The van der Waals surface area contributed by atoms with Crippen LogP contribution in [-0.2, 0) is 19.4 Å². The largest absolute Gasteiger partial charge is 0.310 e. The molecule has 0 fully saturated rings. The number of thiazole rings is 1. The summed E-state index contributed by atoms with van der Waals surface area (Å²) in [6.07, 6.45) is 4.08. The van der Waals surface area contributed by atoms with E-state index in [4.69, 9.17) is 0 Å². The summed E-state index contributed by atoms with van der Waals surface area (Å²) >= 11 is 3.15. The average molecular weight is 473 g/mol. The van der Waals surface area contributed by atoms with Crippen LogP contribution in [0.25, 0.3) is 10.2 Å². The molecule has 0 aliphatic heterocycles. The van der Waals surface area contributed by atoms with Crippen LogP contribution in [0.4, 0.5) is 8.78 Å². The summed E-state index contributed by atoms with van der Waals surface area (Å²) in [4.78, 5) is 24.4. The van der Waals surface area contributed by atoms with E-state index in [1.807, 2.05) is 19.2 Å². The van der Waals surface area contributed by atoms with Crippen LogP contribution in [0.5, 0.6) is 0 Å². The second-order valence-corrected chi connectivity index (χ2v) is 10.3. The Morgan fingerprint density at radius 2 is 2.16 bits per heavy atom. The number of halogens is 2. The molecule has 1 N–H and O–H groups in total. The first-order valence-electron chi connectivity index (χ1n) is 10.5. The van der Waals surface area contributed by atoms with E-state index in [0.717, 1.165) is 51.8 Å². The number of aryl methyl sites for hydroxylation is 2. The summed E-state index contributed by atoms with van der Waals surface area (Å²) in [6, 6.07) is 4.02. The molecule has 1 aliphatic carbocycles. The zero-order chi connectivity index (χ0) is 22.4. The zero-order valence-corrected chi connectivity index (χ0v) is 19.3. The number of rotatable bonds is 5. The Hall–Kier alpha value is -2.49. The standard InChI is InChI=1S/C23H22F2N4OS2/c1-12(19-10-31-13(2)28-19)29-11-27-22-21(23(29)30)16-5-4-15(8-20(16)32-22)26-9-14-3-6-17(24)18(25)7-14/h3,6-7,10-12,15,26H,4-5,8-9H2,1-2H3/t12-,15-/m1/s1. The van der Waals surface area contributed by atoms with Gasteiger partial charge in [0.25, 0.3) is 5.56 Å². The Morgan fingerprint density at radius 1 is 1.31 bits per heavy atom. The third-order valence-corrected chi connectivity index (χ3v) is 8.01.